The number of hydrogen-bond donors (Lipinski definition) is 3. The number of pyridine rings is 1. The summed E-state index contributed by atoms with van der Waals surface area (Å²) >= 11 is 0. The third-order valence-electron chi connectivity index (χ3n) is 3.77. The Balaban J connectivity index is 1.97. The van der Waals surface area contributed by atoms with Crippen molar-refractivity contribution in [3.05, 3.63) is 66.1 Å². The SMILES string of the molecule is O=C(O)NC1=NC2(C=CN1)c1ccccc1Oc1cnccc12. The van der Waals surface area contributed by atoms with Crippen molar-refractivity contribution >= 4 is 12.1 Å². The molecule has 23 heavy (non-hydrogen) atoms. The molecule has 3 heterocycles. The molecule has 2 aliphatic heterocycles. The van der Waals surface area contributed by atoms with E-state index < -0.39 is 11.6 Å². The van der Waals surface area contributed by atoms with Crippen LogP contribution in [-0.2, 0) is 5.54 Å². The van der Waals surface area contributed by atoms with E-state index in [0.717, 1.165) is 11.1 Å². The Morgan fingerprint density at radius 2 is 2.04 bits per heavy atom. The molecule has 0 fully saturated rings. The van der Waals surface area contributed by atoms with Gasteiger partial charge in [0.25, 0.3) is 0 Å². The number of rotatable bonds is 0. The van der Waals surface area contributed by atoms with Crippen LogP contribution in [0.1, 0.15) is 11.1 Å². The predicted molar refractivity (Wildman–Crippen MR) is 82.4 cm³/mol. The number of nitrogens with one attached hydrogen (secondary N) is 2. The molecule has 7 heteroatoms. The zero-order valence-electron chi connectivity index (χ0n) is 11.9. The van der Waals surface area contributed by atoms with E-state index in [9.17, 15) is 4.79 Å². The summed E-state index contributed by atoms with van der Waals surface area (Å²) in [7, 11) is 0. The summed E-state index contributed by atoms with van der Waals surface area (Å²) in [6, 6.07) is 9.35. The number of para-hydroxylation sites is 1. The highest BCUT2D eigenvalue weighted by molar-refractivity contribution is 5.95. The number of aliphatic imine (C=N–C) groups is 1. The molecular formula is C16H12N4O3. The fourth-order valence-electron chi connectivity index (χ4n) is 2.86. The highest BCUT2D eigenvalue weighted by atomic mass is 16.5. The molecule has 0 radical (unpaired) electrons. The van der Waals surface area contributed by atoms with Crippen LogP contribution in [-0.4, -0.2) is 22.1 Å². The molecule has 2 aromatic rings. The molecule has 1 atom stereocenters. The lowest BCUT2D eigenvalue weighted by Crippen LogP contribution is -2.44. The van der Waals surface area contributed by atoms with Gasteiger partial charge < -0.3 is 15.2 Å². The van der Waals surface area contributed by atoms with E-state index >= 15 is 0 Å². The van der Waals surface area contributed by atoms with E-state index in [0.29, 0.717) is 11.5 Å². The van der Waals surface area contributed by atoms with Crippen molar-refractivity contribution in [2.45, 2.75) is 5.54 Å². The van der Waals surface area contributed by atoms with Crippen LogP contribution in [0.3, 0.4) is 0 Å². The number of nitrogens with zero attached hydrogens (tertiary/aromatic N) is 2. The van der Waals surface area contributed by atoms with Gasteiger partial charge in [0.15, 0.2) is 5.75 Å². The third kappa shape index (κ3) is 2.02. The molecule has 7 nitrogen and oxygen atoms in total. The average Bonchev–Trinajstić information content (AvgIpc) is 2.55. The summed E-state index contributed by atoms with van der Waals surface area (Å²) in [5.41, 5.74) is 0.769. The first-order chi connectivity index (χ1) is 11.2. The minimum absolute atomic E-state index is 0.152. The van der Waals surface area contributed by atoms with Crippen molar-refractivity contribution < 1.29 is 14.6 Å². The normalized spacial score (nSPS) is 20.6. The van der Waals surface area contributed by atoms with Gasteiger partial charge in [-0.1, -0.05) is 18.2 Å². The third-order valence-corrected chi connectivity index (χ3v) is 3.77. The van der Waals surface area contributed by atoms with Crippen LogP contribution in [0.15, 0.2) is 60.0 Å². The van der Waals surface area contributed by atoms with Gasteiger partial charge in [-0.3, -0.25) is 10.3 Å². The van der Waals surface area contributed by atoms with Crippen LogP contribution in [0, 0.1) is 0 Å². The number of carboxylic acid groups (broad SMARTS) is 1. The number of aromatic nitrogens is 1. The second kappa shape index (κ2) is 4.84. The van der Waals surface area contributed by atoms with Crippen LogP contribution in [0.5, 0.6) is 11.5 Å². The predicted octanol–water partition coefficient (Wildman–Crippen LogP) is 2.17. The second-order valence-corrected chi connectivity index (χ2v) is 5.10. The molecule has 1 unspecified atom stereocenters. The van der Waals surface area contributed by atoms with E-state index in [-0.39, 0.29) is 5.96 Å². The minimum atomic E-state index is -1.18. The fraction of sp³-hybridized carbons (Fsp3) is 0.0625. The molecule has 0 saturated carbocycles. The largest absolute Gasteiger partial charge is 0.465 e. The quantitative estimate of drug-likeness (QED) is 0.693. The van der Waals surface area contributed by atoms with Gasteiger partial charge in [-0.05, 0) is 18.2 Å². The van der Waals surface area contributed by atoms with E-state index in [2.05, 4.69) is 20.6 Å². The highest BCUT2D eigenvalue weighted by Crippen LogP contribution is 2.49. The zero-order chi connectivity index (χ0) is 15.9. The van der Waals surface area contributed by atoms with E-state index in [1.165, 1.54) is 0 Å². The van der Waals surface area contributed by atoms with Gasteiger partial charge in [0.2, 0.25) is 5.96 Å². The molecule has 4 rings (SSSR count). The van der Waals surface area contributed by atoms with E-state index in [1.807, 2.05) is 36.4 Å². The number of hydrogen-bond acceptors (Lipinski definition) is 5. The van der Waals surface area contributed by atoms with Crippen LogP contribution in [0.4, 0.5) is 4.79 Å². The Labute approximate surface area is 131 Å². The molecule has 1 spiro atoms. The van der Waals surface area contributed by atoms with Crippen LogP contribution < -0.4 is 15.4 Å². The molecule has 1 aromatic carbocycles. The van der Waals surface area contributed by atoms with Gasteiger partial charge in [0, 0.05) is 23.5 Å². The first-order valence-corrected chi connectivity index (χ1v) is 6.95. The summed E-state index contributed by atoms with van der Waals surface area (Å²) in [6.45, 7) is 0. The maximum Gasteiger partial charge on any atom is 0.411 e. The summed E-state index contributed by atoms with van der Waals surface area (Å²) in [6.07, 6.45) is 5.65. The van der Waals surface area contributed by atoms with Crippen molar-refractivity contribution in [1.29, 1.82) is 0 Å². The number of amides is 1. The molecule has 114 valence electrons. The number of benzene rings is 1. The smallest absolute Gasteiger partial charge is 0.411 e. The topological polar surface area (TPSA) is 95.8 Å². The van der Waals surface area contributed by atoms with E-state index in [1.54, 1.807) is 18.6 Å². The average molecular weight is 308 g/mol. The van der Waals surface area contributed by atoms with Crippen molar-refractivity contribution in [2.24, 2.45) is 4.99 Å². The van der Waals surface area contributed by atoms with Crippen molar-refractivity contribution in [3.63, 3.8) is 0 Å². The van der Waals surface area contributed by atoms with Crippen molar-refractivity contribution in [2.75, 3.05) is 0 Å². The molecular weight excluding hydrogens is 296 g/mol. The number of carbonyl (C=O) groups is 1. The summed E-state index contributed by atoms with van der Waals surface area (Å²) < 4.78 is 5.90. The molecule has 2 aliphatic rings. The van der Waals surface area contributed by atoms with Gasteiger partial charge in [-0.25, -0.2) is 9.79 Å². The number of fused-ring (bicyclic) bond motifs is 4. The van der Waals surface area contributed by atoms with Crippen LogP contribution in [0.2, 0.25) is 0 Å². The minimum Gasteiger partial charge on any atom is -0.465 e. The van der Waals surface area contributed by atoms with Gasteiger partial charge >= 0.3 is 6.09 Å². The second-order valence-electron chi connectivity index (χ2n) is 5.10. The number of ether oxygens (including phenoxy) is 1. The standard InChI is InChI=1S/C16H12N4O3/c21-15(22)19-14-18-8-6-16(20-14)10-3-1-2-4-12(10)23-13-9-17-7-5-11(13)16/h1-9H,(H,21,22)(H2,18,19,20). The molecule has 3 N–H and O–H groups in total. The monoisotopic (exact) mass is 308 g/mol. The lowest BCUT2D eigenvalue weighted by Gasteiger charge is -2.36. The molecule has 1 amide bonds. The van der Waals surface area contributed by atoms with Crippen LogP contribution in [0.25, 0.3) is 0 Å². The summed E-state index contributed by atoms with van der Waals surface area (Å²) in [5, 5.41) is 14.0. The molecule has 0 saturated heterocycles. The fourth-order valence-corrected chi connectivity index (χ4v) is 2.86. The van der Waals surface area contributed by atoms with Gasteiger partial charge in [-0.15, -0.1) is 0 Å². The maximum absolute atomic E-state index is 10.9. The Kier molecular flexibility index (Phi) is 2.80. The molecule has 0 aliphatic carbocycles. The van der Waals surface area contributed by atoms with Gasteiger partial charge in [-0.2, -0.15) is 0 Å². The maximum atomic E-state index is 10.9. The Morgan fingerprint density at radius 3 is 2.91 bits per heavy atom. The lowest BCUT2D eigenvalue weighted by molar-refractivity contribution is 0.200. The zero-order valence-corrected chi connectivity index (χ0v) is 11.9. The van der Waals surface area contributed by atoms with Gasteiger partial charge in [0.05, 0.1) is 6.20 Å². The summed E-state index contributed by atoms with van der Waals surface area (Å²) in [4.78, 5) is 19.6. The van der Waals surface area contributed by atoms with E-state index in [4.69, 9.17) is 9.84 Å². The van der Waals surface area contributed by atoms with Crippen molar-refractivity contribution in [1.82, 2.24) is 15.6 Å². The first kappa shape index (κ1) is 13.3. The molecule has 1 aromatic heterocycles. The lowest BCUT2D eigenvalue weighted by atomic mass is 9.80. The van der Waals surface area contributed by atoms with Crippen molar-refractivity contribution in [3.8, 4) is 11.5 Å². The number of guanidine groups is 1. The van der Waals surface area contributed by atoms with Crippen LogP contribution >= 0.6 is 0 Å². The molecule has 0 bridgehead atoms. The highest BCUT2D eigenvalue weighted by Gasteiger charge is 2.42. The van der Waals surface area contributed by atoms with Gasteiger partial charge in [0.1, 0.15) is 11.3 Å². The Bertz CT molecular complexity index is 814. The first-order valence-electron chi connectivity index (χ1n) is 6.95. The summed E-state index contributed by atoms with van der Waals surface area (Å²) in [5.74, 6) is 1.41. The Morgan fingerprint density at radius 1 is 1.22 bits per heavy atom. The Hall–Kier alpha value is -3.35.